The first-order valence-corrected chi connectivity index (χ1v) is 12.7. The molecule has 0 radical (unpaired) electrons. The third-order valence-electron chi connectivity index (χ3n) is 8.11. The van der Waals surface area contributed by atoms with Gasteiger partial charge in [-0.25, -0.2) is 0 Å². The first kappa shape index (κ1) is 23.9. The highest BCUT2D eigenvalue weighted by atomic mass is 32.2. The van der Waals surface area contributed by atoms with E-state index in [1.54, 1.807) is 12.1 Å². The molecule has 6 nitrogen and oxygen atoms in total. The highest BCUT2D eigenvalue weighted by molar-refractivity contribution is 8.00. The molecule has 34 heavy (non-hydrogen) atoms. The van der Waals surface area contributed by atoms with Crippen LogP contribution in [0.1, 0.15) is 37.7 Å². The van der Waals surface area contributed by atoms with Crippen LogP contribution in [0.4, 0.5) is 13.2 Å². The van der Waals surface area contributed by atoms with E-state index in [1.807, 2.05) is 0 Å². The van der Waals surface area contributed by atoms with E-state index in [-0.39, 0.29) is 51.8 Å². The number of morpholine rings is 1. The number of carbonyl (C=O) groups is 2. The number of ether oxygens (including phenoxy) is 1. The molecule has 5 fully saturated rings. The van der Waals surface area contributed by atoms with E-state index in [1.165, 1.54) is 12.1 Å². The van der Waals surface area contributed by atoms with Gasteiger partial charge in [0.25, 0.3) is 5.91 Å². The molecular weight excluding hydrogens is 467 g/mol. The number of primary amides is 1. The van der Waals surface area contributed by atoms with Crippen LogP contribution in [0.5, 0.6) is 0 Å². The Kier molecular flexibility index (Phi) is 6.35. The Balaban J connectivity index is 1.16. The van der Waals surface area contributed by atoms with Crippen molar-refractivity contribution in [3.05, 3.63) is 29.8 Å². The van der Waals surface area contributed by atoms with Crippen LogP contribution in [0.3, 0.4) is 0 Å². The second-order valence-electron chi connectivity index (χ2n) is 10.4. The Morgan fingerprint density at radius 3 is 2.44 bits per heavy atom. The lowest BCUT2D eigenvalue weighted by molar-refractivity contribution is -0.151. The van der Waals surface area contributed by atoms with E-state index in [2.05, 4.69) is 10.2 Å². The molecule has 0 spiro atoms. The Labute approximate surface area is 201 Å². The Morgan fingerprint density at radius 2 is 1.82 bits per heavy atom. The van der Waals surface area contributed by atoms with Crippen LogP contribution in [0.2, 0.25) is 0 Å². The summed E-state index contributed by atoms with van der Waals surface area (Å²) >= 11 is -0.125. The number of hydrogen-bond acceptors (Lipinski definition) is 5. The van der Waals surface area contributed by atoms with Crippen molar-refractivity contribution in [3.8, 4) is 0 Å². The summed E-state index contributed by atoms with van der Waals surface area (Å²) < 4.78 is 43.4. The zero-order chi connectivity index (χ0) is 24.1. The minimum atomic E-state index is -4.30. The van der Waals surface area contributed by atoms with Gasteiger partial charge in [-0.3, -0.25) is 14.5 Å². The van der Waals surface area contributed by atoms with Crippen molar-refractivity contribution < 1.29 is 27.5 Å². The maximum Gasteiger partial charge on any atom is 0.446 e. The minimum Gasteiger partial charge on any atom is -0.369 e. The zero-order valence-electron chi connectivity index (χ0n) is 18.9. The van der Waals surface area contributed by atoms with Crippen LogP contribution in [0.25, 0.3) is 0 Å². The topological polar surface area (TPSA) is 84.7 Å². The molecular formula is C24H30F3N3O3S. The van der Waals surface area contributed by atoms with Gasteiger partial charge in [-0.15, -0.1) is 0 Å². The van der Waals surface area contributed by atoms with Gasteiger partial charge in [0.2, 0.25) is 5.91 Å². The first-order chi connectivity index (χ1) is 16.1. The van der Waals surface area contributed by atoms with Crippen molar-refractivity contribution in [1.82, 2.24) is 10.2 Å². The summed E-state index contributed by atoms with van der Waals surface area (Å²) in [5.74, 6) is 0.798. The number of halogens is 3. The summed E-state index contributed by atoms with van der Waals surface area (Å²) in [4.78, 5) is 27.5. The molecule has 4 aliphatic carbocycles. The van der Waals surface area contributed by atoms with Crippen molar-refractivity contribution in [3.63, 3.8) is 0 Å². The van der Waals surface area contributed by atoms with Crippen molar-refractivity contribution in [2.45, 2.75) is 61.2 Å². The third kappa shape index (κ3) is 4.95. The monoisotopic (exact) mass is 497 g/mol. The molecule has 2 amide bonds. The largest absolute Gasteiger partial charge is 0.446 e. The van der Waals surface area contributed by atoms with Gasteiger partial charge >= 0.3 is 5.51 Å². The molecule has 4 bridgehead atoms. The lowest BCUT2D eigenvalue weighted by Gasteiger charge is -2.59. The van der Waals surface area contributed by atoms with Crippen molar-refractivity contribution in [1.29, 1.82) is 0 Å². The minimum absolute atomic E-state index is 0.0641. The molecule has 2 unspecified atom stereocenters. The van der Waals surface area contributed by atoms with E-state index in [4.69, 9.17) is 10.5 Å². The van der Waals surface area contributed by atoms with Gasteiger partial charge in [0.1, 0.15) is 6.10 Å². The van der Waals surface area contributed by atoms with Crippen LogP contribution >= 0.6 is 11.8 Å². The van der Waals surface area contributed by atoms with Crippen LogP contribution in [-0.2, 0) is 20.9 Å². The number of benzene rings is 1. The molecule has 1 saturated heterocycles. The molecule has 1 heterocycles. The Morgan fingerprint density at radius 1 is 1.15 bits per heavy atom. The van der Waals surface area contributed by atoms with Crippen molar-refractivity contribution in [2.75, 3.05) is 19.7 Å². The molecule has 3 atom stereocenters. The SMILES string of the molecule is NC(=O)C12CC3CC(C1)C(NC(=O)[C@H]1CN(Cc4ccc(SC(F)(F)F)cc4)CCO1)C(C3)C2. The quantitative estimate of drug-likeness (QED) is 0.590. The van der Waals surface area contributed by atoms with Crippen molar-refractivity contribution in [2.24, 2.45) is 28.9 Å². The van der Waals surface area contributed by atoms with Gasteiger partial charge in [0, 0.05) is 36.0 Å². The van der Waals surface area contributed by atoms with Gasteiger partial charge in [-0.05, 0) is 79.3 Å². The second kappa shape index (κ2) is 9.02. The van der Waals surface area contributed by atoms with Crippen molar-refractivity contribution >= 4 is 23.6 Å². The number of nitrogens with one attached hydrogen (secondary N) is 1. The van der Waals surface area contributed by atoms with E-state index in [0.29, 0.717) is 32.2 Å². The molecule has 1 aromatic carbocycles. The summed E-state index contributed by atoms with van der Waals surface area (Å²) in [5.41, 5.74) is 1.97. The molecule has 186 valence electrons. The molecule has 5 aliphatic rings. The fourth-order valence-electron chi connectivity index (χ4n) is 6.88. The lowest BCUT2D eigenvalue weighted by atomic mass is 9.47. The zero-order valence-corrected chi connectivity index (χ0v) is 19.7. The average Bonchev–Trinajstić information content (AvgIpc) is 2.76. The smallest absolute Gasteiger partial charge is 0.369 e. The number of carbonyl (C=O) groups excluding carboxylic acids is 2. The van der Waals surface area contributed by atoms with E-state index in [9.17, 15) is 22.8 Å². The number of rotatable bonds is 6. The highest BCUT2D eigenvalue weighted by Gasteiger charge is 2.58. The average molecular weight is 498 g/mol. The molecule has 6 rings (SSSR count). The van der Waals surface area contributed by atoms with E-state index in [0.717, 1.165) is 37.7 Å². The number of thioether (sulfide) groups is 1. The van der Waals surface area contributed by atoms with E-state index < -0.39 is 11.6 Å². The van der Waals surface area contributed by atoms with Crippen LogP contribution < -0.4 is 11.1 Å². The van der Waals surface area contributed by atoms with Crippen LogP contribution in [-0.4, -0.2) is 54.1 Å². The highest BCUT2D eigenvalue weighted by Crippen LogP contribution is 2.59. The summed E-state index contributed by atoms with van der Waals surface area (Å²) in [7, 11) is 0. The molecule has 0 aromatic heterocycles. The normalized spacial score (nSPS) is 35.3. The van der Waals surface area contributed by atoms with Gasteiger partial charge < -0.3 is 15.8 Å². The maximum absolute atomic E-state index is 13.1. The van der Waals surface area contributed by atoms with Gasteiger partial charge in [0.15, 0.2) is 0 Å². The number of nitrogens with two attached hydrogens (primary N) is 1. The summed E-state index contributed by atoms with van der Waals surface area (Å²) in [6, 6.07) is 6.41. The summed E-state index contributed by atoms with van der Waals surface area (Å²) in [6.07, 6.45) is 3.91. The number of amides is 2. The number of hydrogen-bond donors (Lipinski definition) is 2. The van der Waals surface area contributed by atoms with Gasteiger partial charge in [-0.2, -0.15) is 13.2 Å². The standard InChI is InChI=1S/C24H30F3N3O3S/c25-24(26,27)34-18-3-1-14(2-4-18)12-30-5-6-33-19(13-30)21(31)29-20-16-7-15-8-17(20)11-23(9-15,10-16)22(28)32/h1-4,15-17,19-20H,5-13H2,(H2,28,32)(H,29,31)/t15?,16?,17?,19-,20?,23?/m1/s1. The fraction of sp³-hybridized carbons (Fsp3) is 0.667. The molecule has 3 N–H and O–H groups in total. The summed E-state index contributed by atoms with van der Waals surface area (Å²) in [6.45, 7) is 2.05. The van der Waals surface area contributed by atoms with Gasteiger partial charge in [0.05, 0.1) is 6.61 Å². The third-order valence-corrected chi connectivity index (χ3v) is 8.85. The maximum atomic E-state index is 13.1. The van der Waals surface area contributed by atoms with Crippen LogP contribution in [0, 0.1) is 23.2 Å². The molecule has 10 heteroatoms. The summed E-state index contributed by atoms with van der Waals surface area (Å²) in [5, 5.41) is 3.25. The second-order valence-corrected chi connectivity index (χ2v) is 11.6. The predicted octanol–water partition coefficient (Wildman–Crippen LogP) is 3.30. The number of nitrogens with zero attached hydrogens (tertiary/aromatic N) is 1. The Hall–Kier alpha value is -1.78. The van der Waals surface area contributed by atoms with E-state index >= 15 is 0 Å². The number of alkyl halides is 3. The van der Waals surface area contributed by atoms with Gasteiger partial charge in [-0.1, -0.05) is 12.1 Å². The predicted molar refractivity (Wildman–Crippen MR) is 120 cm³/mol. The lowest BCUT2D eigenvalue weighted by Crippen LogP contribution is -2.63. The van der Waals surface area contributed by atoms with Crippen LogP contribution in [0.15, 0.2) is 29.2 Å². The fourth-order valence-corrected chi connectivity index (χ4v) is 7.42. The first-order valence-electron chi connectivity index (χ1n) is 11.9. The molecule has 1 aromatic rings. The Bertz CT molecular complexity index is 926. The molecule has 1 aliphatic heterocycles. The molecule has 4 saturated carbocycles.